The van der Waals surface area contributed by atoms with E-state index in [1.165, 1.54) is 12.2 Å². The van der Waals surface area contributed by atoms with E-state index in [1.807, 2.05) is 0 Å². The summed E-state index contributed by atoms with van der Waals surface area (Å²) in [5.41, 5.74) is 0. The summed E-state index contributed by atoms with van der Waals surface area (Å²) in [5, 5.41) is 5.62. The van der Waals surface area contributed by atoms with Crippen LogP contribution in [0.1, 0.15) is 0 Å². The first-order valence-electron chi connectivity index (χ1n) is 3.36. The lowest BCUT2D eigenvalue weighted by atomic mass is 10.6. The summed E-state index contributed by atoms with van der Waals surface area (Å²) in [6.45, 7) is 7.18. The molecule has 0 atom stereocenters. The van der Waals surface area contributed by atoms with Gasteiger partial charge in [-0.1, -0.05) is 12.2 Å². The number of urea groups is 1. The van der Waals surface area contributed by atoms with Crippen molar-refractivity contribution in [1.82, 2.24) is 10.3 Å². The predicted molar refractivity (Wildman–Crippen MR) is 46.3 cm³/mol. The number of carbonyl (C=O) groups is 1. The fourth-order valence-corrected chi connectivity index (χ4v) is 0.526. The van der Waals surface area contributed by atoms with Crippen molar-refractivity contribution in [1.29, 1.82) is 0 Å². The van der Waals surface area contributed by atoms with Crippen molar-refractivity contribution in [2.45, 2.75) is 0 Å². The number of hydrogen-bond acceptors (Lipinski definition) is 3. The van der Waals surface area contributed by atoms with Crippen LogP contribution in [0, 0.1) is 4.91 Å². The topological polar surface area (TPSA) is 61.8 Å². The zero-order valence-electron chi connectivity index (χ0n) is 6.69. The van der Waals surface area contributed by atoms with Crippen LogP contribution in [0.3, 0.4) is 0 Å². The maximum absolute atomic E-state index is 10.9. The monoisotopic (exact) mass is 169 g/mol. The maximum atomic E-state index is 10.9. The number of nitrogens with one attached hydrogen (secondary N) is 1. The molecule has 0 aliphatic rings. The molecule has 1 N–H and O–H groups in total. The molecule has 2 amide bonds. The summed E-state index contributed by atoms with van der Waals surface area (Å²) < 4.78 is 0. The van der Waals surface area contributed by atoms with E-state index in [1.54, 1.807) is 0 Å². The van der Waals surface area contributed by atoms with Gasteiger partial charge >= 0.3 is 6.03 Å². The van der Waals surface area contributed by atoms with E-state index in [9.17, 15) is 9.70 Å². The number of nitroso groups, excluding NO2 is 1. The lowest BCUT2D eigenvalue weighted by Crippen LogP contribution is -2.36. The highest BCUT2D eigenvalue weighted by Crippen LogP contribution is 1.89. The van der Waals surface area contributed by atoms with Gasteiger partial charge in [-0.25, -0.2) is 4.79 Å². The van der Waals surface area contributed by atoms with Gasteiger partial charge in [-0.05, 0) is 0 Å². The van der Waals surface area contributed by atoms with Crippen molar-refractivity contribution in [3.05, 3.63) is 30.2 Å². The first kappa shape index (κ1) is 10.3. The summed E-state index contributed by atoms with van der Waals surface area (Å²) in [6, 6.07) is -0.551. The Bertz CT molecular complexity index is 191. The average Bonchev–Trinajstić information content (AvgIpc) is 2.10. The van der Waals surface area contributed by atoms with Crippen LogP contribution in [0.4, 0.5) is 4.79 Å². The highest BCUT2D eigenvalue weighted by molar-refractivity contribution is 5.73. The quantitative estimate of drug-likeness (QED) is 0.380. The number of amides is 2. The van der Waals surface area contributed by atoms with E-state index >= 15 is 0 Å². The smallest absolute Gasteiger partial charge is 0.333 e. The predicted octanol–water partition coefficient (Wildman–Crippen LogP) is 1.05. The van der Waals surface area contributed by atoms with Gasteiger partial charge in [0.15, 0.2) is 0 Å². The van der Waals surface area contributed by atoms with Crippen LogP contribution in [0.15, 0.2) is 30.6 Å². The van der Waals surface area contributed by atoms with E-state index < -0.39 is 6.03 Å². The second-order valence-corrected chi connectivity index (χ2v) is 1.93. The number of nitrogens with zero attached hydrogens (tertiary/aromatic N) is 2. The molecule has 12 heavy (non-hydrogen) atoms. The van der Waals surface area contributed by atoms with E-state index in [0.29, 0.717) is 6.54 Å². The summed E-state index contributed by atoms with van der Waals surface area (Å²) in [4.78, 5) is 21.0. The molecule has 0 aliphatic heterocycles. The van der Waals surface area contributed by atoms with Gasteiger partial charge in [0.1, 0.15) is 0 Å². The van der Waals surface area contributed by atoms with E-state index in [0.717, 1.165) is 5.01 Å². The molecule has 0 aromatic heterocycles. The number of hydrogen-bond donors (Lipinski definition) is 1. The van der Waals surface area contributed by atoms with Crippen LogP contribution in [0.25, 0.3) is 0 Å². The third kappa shape index (κ3) is 3.50. The summed E-state index contributed by atoms with van der Waals surface area (Å²) in [7, 11) is 0. The average molecular weight is 169 g/mol. The Balaban J connectivity index is 3.92. The van der Waals surface area contributed by atoms with Crippen molar-refractivity contribution in [3.63, 3.8) is 0 Å². The zero-order chi connectivity index (χ0) is 9.40. The van der Waals surface area contributed by atoms with Gasteiger partial charge in [0.2, 0.25) is 0 Å². The van der Waals surface area contributed by atoms with Gasteiger partial charge in [-0.3, -0.25) is 0 Å². The standard InChI is InChI=1S/C7H11N3O2/c1-3-5-8-7(11)10(9-12)6-4-2/h3-4H,1-2,5-6H2,(H,8,11). The molecule has 0 rings (SSSR count). The normalized spacial score (nSPS) is 8.33. The largest absolute Gasteiger partial charge is 0.340 e. The molecule has 0 aliphatic carbocycles. The van der Waals surface area contributed by atoms with Crippen molar-refractivity contribution in [3.8, 4) is 0 Å². The Labute approximate surface area is 70.7 Å². The second-order valence-electron chi connectivity index (χ2n) is 1.93. The fourth-order valence-electron chi connectivity index (χ4n) is 0.526. The lowest BCUT2D eigenvalue weighted by Gasteiger charge is -2.10. The fraction of sp³-hybridized carbons (Fsp3) is 0.286. The lowest BCUT2D eigenvalue weighted by molar-refractivity contribution is 0.206. The highest BCUT2D eigenvalue weighted by Gasteiger charge is 2.09. The Morgan fingerprint density at radius 1 is 1.50 bits per heavy atom. The van der Waals surface area contributed by atoms with Crippen molar-refractivity contribution in [2.24, 2.45) is 5.29 Å². The van der Waals surface area contributed by atoms with Crippen LogP contribution in [-0.2, 0) is 0 Å². The molecule has 0 bridgehead atoms. The number of carbonyl (C=O) groups excluding carboxylic acids is 1. The molecule has 5 heteroatoms. The van der Waals surface area contributed by atoms with Gasteiger partial charge < -0.3 is 5.32 Å². The Hall–Kier alpha value is -1.65. The molecule has 0 spiro atoms. The minimum atomic E-state index is -0.551. The minimum Gasteiger partial charge on any atom is -0.333 e. The second kappa shape index (κ2) is 6.09. The molecule has 5 nitrogen and oxygen atoms in total. The summed E-state index contributed by atoms with van der Waals surface area (Å²) in [6.07, 6.45) is 2.92. The molecular weight excluding hydrogens is 158 g/mol. The Kier molecular flexibility index (Phi) is 5.25. The molecule has 0 saturated carbocycles. The van der Waals surface area contributed by atoms with Crippen molar-refractivity contribution < 1.29 is 4.79 Å². The third-order valence-electron chi connectivity index (χ3n) is 1.03. The SMILES string of the molecule is C=CCNC(=O)N(CC=C)N=O. The van der Waals surface area contributed by atoms with E-state index in [2.05, 4.69) is 23.8 Å². The van der Waals surface area contributed by atoms with Gasteiger partial charge in [-0.15, -0.1) is 18.1 Å². The zero-order valence-corrected chi connectivity index (χ0v) is 6.69. The Morgan fingerprint density at radius 3 is 2.58 bits per heavy atom. The van der Waals surface area contributed by atoms with Crippen LogP contribution in [0.2, 0.25) is 0 Å². The first-order valence-corrected chi connectivity index (χ1v) is 3.36. The van der Waals surface area contributed by atoms with Crippen molar-refractivity contribution >= 4 is 6.03 Å². The third-order valence-corrected chi connectivity index (χ3v) is 1.03. The molecule has 0 aromatic carbocycles. The van der Waals surface area contributed by atoms with Gasteiger partial charge in [0.25, 0.3) is 0 Å². The summed E-state index contributed by atoms with van der Waals surface area (Å²) >= 11 is 0. The molecule has 0 saturated heterocycles. The van der Waals surface area contributed by atoms with Crippen molar-refractivity contribution in [2.75, 3.05) is 13.1 Å². The molecule has 0 fully saturated rings. The molecule has 0 heterocycles. The minimum absolute atomic E-state index is 0.104. The van der Waals surface area contributed by atoms with Crippen LogP contribution >= 0.6 is 0 Å². The summed E-state index contributed by atoms with van der Waals surface area (Å²) in [5.74, 6) is 0. The van der Waals surface area contributed by atoms with Crippen LogP contribution in [0.5, 0.6) is 0 Å². The molecule has 0 aromatic rings. The molecule has 0 radical (unpaired) electrons. The molecular formula is C7H11N3O2. The van der Waals surface area contributed by atoms with Gasteiger partial charge in [0.05, 0.1) is 11.8 Å². The molecule has 0 unspecified atom stereocenters. The Morgan fingerprint density at radius 2 is 2.17 bits per heavy atom. The highest BCUT2D eigenvalue weighted by atomic mass is 16.3. The van der Waals surface area contributed by atoms with E-state index in [4.69, 9.17) is 0 Å². The van der Waals surface area contributed by atoms with Gasteiger partial charge in [0, 0.05) is 6.54 Å². The molecule has 66 valence electrons. The first-order chi connectivity index (χ1) is 5.76. The maximum Gasteiger partial charge on any atom is 0.340 e. The number of rotatable bonds is 5. The van der Waals surface area contributed by atoms with Crippen LogP contribution < -0.4 is 5.32 Å². The van der Waals surface area contributed by atoms with Gasteiger partial charge in [-0.2, -0.15) is 5.01 Å². The van der Waals surface area contributed by atoms with Crippen LogP contribution in [-0.4, -0.2) is 24.1 Å². The van der Waals surface area contributed by atoms with E-state index in [-0.39, 0.29) is 6.54 Å².